The molecule has 0 spiro atoms. The number of benzene rings is 1. The first-order chi connectivity index (χ1) is 8.10. The van der Waals surface area contributed by atoms with Crippen molar-refractivity contribution < 1.29 is 8.78 Å². The van der Waals surface area contributed by atoms with Gasteiger partial charge in [0.05, 0.1) is 0 Å². The van der Waals surface area contributed by atoms with Crippen LogP contribution in [0.25, 0.3) is 0 Å². The van der Waals surface area contributed by atoms with Crippen LogP contribution in [0, 0.1) is 18.6 Å². The number of rotatable bonds is 6. The topological polar surface area (TPSA) is 12.0 Å². The molecule has 0 aliphatic rings. The maximum Gasteiger partial charge on any atom is 0.162 e. The van der Waals surface area contributed by atoms with Crippen LogP contribution in [0.4, 0.5) is 8.78 Å². The lowest BCUT2D eigenvalue weighted by Crippen LogP contribution is -2.28. The summed E-state index contributed by atoms with van der Waals surface area (Å²) < 4.78 is 27.0. The summed E-state index contributed by atoms with van der Waals surface area (Å²) in [5.41, 5.74) is 0.842. The summed E-state index contributed by atoms with van der Waals surface area (Å²) in [5.74, 6) is -1.39. The average Bonchev–Trinajstić information content (AvgIpc) is 2.33. The third-order valence-electron chi connectivity index (χ3n) is 3.10. The lowest BCUT2D eigenvalue weighted by molar-refractivity contribution is 0.462. The summed E-state index contributed by atoms with van der Waals surface area (Å²) in [5, 5.41) is 3.33. The molecule has 0 fully saturated rings. The smallest absolute Gasteiger partial charge is 0.162 e. The van der Waals surface area contributed by atoms with E-state index in [9.17, 15) is 8.78 Å². The zero-order chi connectivity index (χ0) is 12.8. The number of aryl methyl sites for hydroxylation is 2. The predicted molar refractivity (Wildman–Crippen MR) is 67.2 cm³/mol. The van der Waals surface area contributed by atoms with Crippen molar-refractivity contribution in [2.45, 2.75) is 46.1 Å². The molecule has 0 radical (unpaired) electrons. The Morgan fingerprint density at radius 3 is 2.47 bits per heavy atom. The molecule has 0 aliphatic heterocycles. The van der Waals surface area contributed by atoms with Gasteiger partial charge in [-0.1, -0.05) is 26.0 Å². The van der Waals surface area contributed by atoms with Crippen LogP contribution in [-0.4, -0.2) is 12.6 Å². The van der Waals surface area contributed by atoms with Gasteiger partial charge in [0.25, 0.3) is 0 Å². The van der Waals surface area contributed by atoms with Crippen LogP contribution >= 0.6 is 0 Å². The molecule has 1 nitrogen and oxygen atoms in total. The molecule has 1 rings (SSSR count). The van der Waals surface area contributed by atoms with E-state index >= 15 is 0 Å². The molecule has 0 bridgehead atoms. The van der Waals surface area contributed by atoms with Crippen LogP contribution in [0.5, 0.6) is 0 Å². The summed E-state index contributed by atoms with van der Waals surface area (Å²) in [6, 6.07) is 3.71. The van der Waals surface area contributed by atoms with Crippen molar-refractivity contribution in [1.82, 2.24) is 5.32 Å². The van der Waals surface area contributed by atoms with Crippen LogP contribution in [0.3, 0.4) is 0 Å². The molecule has 1 atom stereocenters. The van der Waals surface area contributed by atoms with Crippen molar-refractivity contribution in [2.75, 3.05) is 6.54 Å². The van der Waals surface area contributed by atoms with Crippen LogP contribution in [0.2, 0.25) is 0 Å². The highest BCUT2D eigenvalue weighted by Crippen LogP contribution is 2.17. The zero-order valence-corrected chi connectivity index (χ0v) is 10.8. The zero-order valence-electron chi connectivity index (χ0n) is 10.8. The predicted octanol–water partition coefficient (Wildman–Crippen LogP) is 3.59. The Morgan fingerprint density at radius 1 is 1.18 bits per heavy atom. The summed E-state index contributed by atoms with van der Waals surface area (Å²) >= 11 is 0. The molecule has 0 aliphatic carbocycles. The second-order valence-electron chi connectivity index (χ2n) is 4.37. The lowest BCUT2D eigenvalue weighted by atomic mass is 10.0. The van der Waals surface area contributed by atoms with E-state index in [0.29, 0.717) is 23.6 Å². The second kappa shape index (κ2) is 6.70. The van der Waals surface area contributed by atoms with Gasteiger partial charge in [-0.05, 0) is 43.9 Å². The first kappa shape index (κ1) is 14.1. The minimum atomic E-state index is -0.709. The minimum Gasteiger partial charge on any atom is -0.314 e. The van der Waals surface area contributed by atoms with Gasteiger partial charge < -0.3 is 5.32 Å². The molecule has 0 saturated carbocycles. The Labute approximate surface area is 102 Å². The molecular weight excluding hydrogens is 220 g/mol. The molecule has 17 heavy (non-hydrogen) atoms. The highest BCUT2D eigenvalue weighted by Gasteiger charge is 2.12. The van der Waals surface area contributed by atoms with Crippen LogP contribution in [0.1, 0.15) is 37.8 Å². The summed E-state index contributed by atoms with van der Waals surface area (Å²) in [4.78, 5) is 0. The molecule has 0 saturated heterocycles. The Hall–Kier alpha value is -0.960. The van der Waals surface area contributed by atoms with E-state index in [1.54, 1.807) is 19.1 Å². The van der Waals surface area contributed by atoms with E-state index in [4.69, 9.17) is 0 Å². The van der Waals surface area contributed by atoms with Gasteiger partial charge in [0.1, 0.15) is 0 Å². The Morgan fingerprint density at radius 2 is 1.88 bits per heavy atom. The van der Waals surface area contributed by atoms with E-state index in [0.717, 1.165) is 19.4 Å². The summed E-state index contributed by atoms with van der Waals surface area (Å²) in [6.45, 7) is 6.63. The van der Waals surface area contributed by atoms with Crippen LogP contribution in [0.15, 0.2) is 12.1 Å². The van der Waals surface area contributed by atoms with Gasteiger partial charge >= 0.3 is 0 Å². The number of nitrogens with one attached hydrogen (secondary N) is 1. The summed E-state index contributed by atoms with van der Waals surface area (Å²) in [7, 11) is 0. The van der Waals surface area contributed by atoms with E-state index in [2.05, 4.69) is 19.2 Å². The second-order valence-corrected chi connectivity index (χ2v) is 4.37. The molecule has 1 N–H and O–H groups in total. The largest absolute Gasteiger partial charge is 0.314 e. The van der Waals surface area contributed by atoms with E-state index < -0.39 is 11.6 Å². The normalized spacial score (nSPS) is 12.8. The van der Waals surface area contributed by atoms with Crippen LogP contribution < -0.4 is 5.32 Å². The maximum absolute atomic E-state index is 13.6. The molecule has 0 aromatic heterocycles. The molecule has 0 amide bonds. The average molecular weight is 241 g/mol. The molecule has 1 aromatic carbocycles. The lowest BCUT2D eigenvalue weighted by Gasteiger charge is -2.16. The van der Waals surface area contributed by atoms with Crippen molar-refractivity contribution in [3.63, 3.8) is 0 Å². The Kier molecular flexibility index (Phi) is 5.56. The fourth-order valence-corrected chi connectivity index (χ4v) is 1.95. The maximum atomic E-state index is 13.6. The van der Waals surface area contributed by atoms with Gasteiger partial charge in [-0.25, -0.2) is 8.78 Å². The van der Waals surface area contributed by atoms with E-state index in [-0.39, 0.29) is 0 Å². The fourth-order valence-electron chi connectivity index (χ4n) is 1.95. The van der Waals surface area contributed by atoms with Gasteiger partial charge in [0, 0.05) is 6.04 Å². The monoisotopic (exact) mass is 241 g/mol. The Balaban J connectivity index is 2.66. The van der Waals surface area contributed by atoms with E-state index in [1.807, 2.05) is 0 Å². The third-order valence-corrected chi connectivity index (χ3v) is 3.10. The first-order valence-electron chi connectivity index (χ1n) is 6.27. The minimum absolute atomic E-state index is 0.366. The van der Waals surface area contributed by atoms with Gasteiger partial charge in [0.15, 0.2) is 11.6 Å². The quantitative estimate of drug-likeness (QED) is 0.802. The Bertz CT molecular complexity index is 363. The SMILES string of the molecule is CCNC(CC)CCc1ccc(C)c(F)c1F. The molecule has 0 heterocycles. The molecule has 96 valence electrons. The van der Waals surface area contributed by atoms with Gasteiger partial charge in [0.2, 0.25) is 0 Å². The number of hydrogen-bond acceptors (Lipinski definition) is 1. The molecular formula is C14H21F2N. The fraction of sp³-hybridized carbons (Fsp3) is 0.571. The van der Waals surface area contributed by atoms with Crippen molar-refractivity contribution in [3.8, 4) is 0 Å². The summed E-state index contributed by atoms with van der Waals surface area (Å²) in [6.07, 6.45) is 2.42. The van der Waals surface area contributed by atoms with Crippen molar-refractivity contribution in [2.24, 2.45) is 0 Å². The standard InChI is InChI=1S/C14H21F2N/c1-4-12(17-5-2)9-8-11-7-6-10(3)13(15)14(11)16/h6-7,12,17H,4-5,8-9H2,1-3H3. The van der Waals surface area contributed by atoms with Crippen molar-refractivity contribution >= 4 is 0 Å². The third kappa shape index (κ3) is 3.77. The van der Waals surface area contributed by atoms with E-state index in [1.165, 1.54) is 0 Å². The first-order valence-corrected chi connectivity index (χ1v) is 6.27. The molecule has 1 unspecified atom stereocenters. The van der Waals surface area contributed by atoms with Gasteiger partial charge in [-0.15, -0.1) is 0 Å². The number of hydrogen-bond donors (Lipinski definition) is 1. The highest BCUT2D eigenvalue weighted by molar-refractivity contribution is 5.25. The van der Waals surface area contributed by atoms with Crippen molar-refractivity contribution in [3.05, 3.63) is 34.9 Å². The molecule has 1 aromatic rings. The molecule has 3 heteroatoms. The highest BCUT2D eigenvalue weighted by atomic mass is 19.2. The van der Waals surface area contributed by atoms with Crippen LogP contribution in [-0.2, 0) is 6.42 Å². The van der Waals surface area contributed by atoms with Crippen molar-refractivity contribution in [1.29, 1.82) is 0 Å². The van der Waals surface area contributed by atoms with Gasteiger partial charge in [-0.3, -0.25) is 0 Å². The number of halogens is 2. The van der Waals surface area contributed by atoms with Gasteiger partial charge in [-0.2, -0.15) is 0 Å².